The minimum Gasteiger partial charge on any atom is -0.348 e. The Morgan fingerprint density at radius 1 is 1.24 bits per heavy atom. The standard InChI is InChI=1S/C12H15Cl2N3/c13-9-10(14)17-6-12(16-11(17)15-9)5-7-1-3-8(12)4-2-7/h7-8H,1-6H2,(H,15,16)/t7?,8?,12-/m0/s1. The van der Waals surface area contributed by atoms with Crippen molar-refractivity contribution in [2.45, 2.75) is 44.2 Å². The number of imidazole rings is 1. The Morgan fingerprint density at radius 2 is 2.00 bits per heavy atom. The zero-order valence-corrected chi connectivity index (χ0v) is 11.1. The van der Waals surface area contributed by atoms with Crippen molar-refractivity contribution in [1.82, 2.24) is 9.55 Å². The van der Waals surface area contributed by atoms with Crippen molar-refractivity contribution in [1.29, 1.82) is 0 Å². The zero-order chi connectivity index (χ0) is 11.6. The number of halogens is 2. The van der Waals surface area contributed by atoms with E-state index in [0.717, 1.165) is 24.3 Å². The number of rotatable bonds is 0. The van der Waals surface area contributed by atoms with Crippen molar-refractivity contribution in [2.75, 3.05) is 5.32 Å². The highest BCUT2D eigenvalue weighted by molar-refractivity contribution is 6.40. The van der Waals surface area contributed by atoms with Crippen LogP contribution in [0.15, 0.2) is 0 Å². The van der Waals surface area contributed by atoms with E-state index in [0.29, 0.717) is 10.3 Å². The normalized spacial score (nSPS) is 38.5. The first-order valence-electron chi connectivity index (χ1n) is 6.38. The maximum Gasteiger partial charge on any atom is 0.206 e. The van der Waals surface area contributed by atoms with Crippen LogP contribution in [0.25, 0.3) is 0 Å². The molecule has 0 saturated heterocycles. The molecule has 1 spiro atoms. The molecule has 2 bridgehead atoms. The van der Waals surface area contributed by atoms with Crippen LogP contribution in [0.1, 0.15) is 32.1 Å². The number of nitrogens with zero attached hydrogens (tertiary/aromatic N) is 2. The van der Waals surface area contributed by atoms with Crippen LogP contribution < -0.4 is 5.32 Å². The largest absolute Gasteiger partial charge is 0.348 e. The molecular weight excluding hydrogens is 257 g/mol. The van der Waals surface area contributed by atoms with Crippen molar-refractivity contribution in [3.05, 3.63) is 10.3 Å². The first-order valence-corrected chi connectivity index (χ1v) is 7.13. The van der Waals surface area contributed by atoms with E-state index < -0.39 is 0 Å². The Kier molecular flexibility index (Phi) is 2.06. The lowest BCUT2D eigenvalue weighted by Crippen LogP contribution is -2.52. The molecule has 92 valence electrons. The van der Waals surface area contributed by atoms with Gasteiger partial charge < -0.3 is 5.32 Å². The van der Waals surface area contributed by atoms with E-state index >= 15 is 0 Å². The van der Waals surface area contributed by atoms with Gasteiger partial charge in [-0.1, -0.05) is 36.0 Å². The summed E-state index contributed by atoms with van der Waals surface area (Å²) < 4.78 is 2.05. The number of aromatic nitrogens is 2. The molecule has 0 radical (unpaired) electrons. The van der Waals surface area contributed by atoms with Crippen molar-refractivity contribution in [2.24, 2.45) is 11.8 Å². The first kappa shape index (κ1) is 10.5. The van der Waals surface area contributed by atoms with Crippen LogP contribution in [0.5, 0.6) is 0 Å². The van der Waals surface area contributed by atoms with Gasteiger partial charge in [0, 0.05) is 0 Å². The molecule has 3 fully saturated rings. The third-order valence-electron chi connectivity index (χ3n) is 4.95. The lowest BCUT2D eigenvalue weighted by atomic mass is 9.60. The summed E-state index contributed by atoms with van der Waals surface area (Å²) in [6.07, 6.45) is 6.80. The first-order chi connectivity index (χ1) is 8.18. The Hall–Kier alpha value is -0.410. The van der Waals surface area contributed by atoms with Crippen LogP contribution in [0, 0.1) is 11.8 Å². The summed E-state index contributed by atoms with van der Waals surface area (Å²) in [5, 5.41) is 4.64. The SMILES string of the molecule is Clc1nc2n(c1Cl)C[C@]1(CC3CCC1CC3)N2. The lowest BCUT2D eigenvalue weighted by molar-refractivity contribution is 0.0816. The topological polar surface area (TPSA) is 29.9 Å². The molecule has 3 nitrogen and oxygen atoms in total. The quantitative estimate of drug-likeness (QED) is 0.782. The Bertz CT molecular complexity index is 476. The van der Waals surface area contributed by atoms with Gasteiger partial charge in [-0.3, -0.25) is 4.57 Å². The predicted octanol–water partition coefficient (Wildman–Crippen LogP) is 3.56. The van der Waals surface area contributed by atoms with Crippen LogP contribution in [0.4, 0.5) is 5.95 Å². The van der Waals surface area contributed by atoms with Crippen LogP contribution in [-0.4, -0.2) is 15.1 Å². The molecular formula is C12H15Cl2N3. The molecule has 3 aliphatic carbocycles. The van der Waals surface area contributed by atoms with Gasteiger partial charge in [0.05, 0.1) is 12.1 Å². The minimum absolute atomic E-state index is 0.220. The highest BCUT2D eigenvalue weighted by Gasteiger charge is 2.51. The smallest absolute Gasteiger partial charge is 0.206 e. The fourth-order valence-corrected chi connectivity index (χ4v) is 4.50. The van der Waals surface area contributed by atoms with Gasteiger partial charge in [-0.2, -0.15) is 4.98 Å². The summed E-state index contributed by atoms with van der Waals surface area (Å²) in [6.45, 7) is 0.946. The Morgan fingerprint density at radius 3 is 2.59 bits per heavy atom. The van der Waals surface area contributed by atoms with Gasteiger partial charge in [0.2, 0.25) is 5.95 Å². The third-order valence-corrected chi connectivity index (χ3v) is 5.69. The maximum atomic E-state index is 6.19. The molecule has 4 aliphatic rings. The second-order valence-corrected chi connectivity index (χ2v) is 6.52. The number of anilines is 1. The van der Waals surface area contributed by atoms with Gasteiger partial charge in [0.15, 0.2) is 5.15 Å². The molecule has 1 aliphatic heterocycles. The molecule has 5 rings (SSSR count). The summed E-state index contributed by atoms with van der Waals surface area (Å²) >= 11 is 12.1. The van der Waals surface area contributed by atoms with E-state index in [4.69, 9.17) is 23.2 Å². The number of fused-ring (bicyclic) bond motifs is 3. The molecule has 3 saturated carbocycles. The fraction of sp³-hybridized carbons (Fsp3) is 0.750. The van der Waals surface area contributed by atoms with Gasteiger partial charge in [0.25, 0.3) is 0 Å². The highest BCUT2D eigenvalue weighted by atomic mass is 35.5. The number of hydrogen-bond donors (Lipinski definition) is 1. The molecule has 5 heteroatoms. The number of nitrogens with one attached hydrogen (secondary N) is 1. The van der Waals surface area contributed by atoms with E-state index in [9.17, 15) is 0 Å². The van der Waals surface area contributed by atoms with Crippen molar-refractivity contribution < 1.29 is 0 Å². The summed E-state index contributed by atoms with van der Waals surface area (Å²) in [7, 11) is 0. The van der Waals surface area contributed by atoms with Gasteiger partial charge in [-0.15, -0.1) is 0 Å². The molecule has 1 atom stereocenters. The van der Waals surface area contributed by atoms with Gasteiger partial charge in [-0.25, -0.2) is 0 Å². The predicted molar refractivity (Wildman–Crippen MR) is 68.7 cm³/mol. The van der Waals surface area contributed by atoms with Crippen LogP contribution in [-0.2, 0) is 6.54 Å². The molecule has 17 heavy (non-hydrogen) atoms. The second kappa shape index (κ2) is 3.33. The molecule has 0 unspecified atom stereocenters. The van der Waals surface area contributed by atoms with E-state index in [-0.39, 0.29) is 5.54 Å². The molecule has 0 amide bonds. The van der Waals surface area contributed by atoms with E-state index in [1.54, 1.807) is 0 Å². The molecule has 0 aromatic carbocycles. The minimum atomic E-state index is 0.220. The van der Waals surface area contributed by atoms with Gasteiger partial charge in [0.1, 0.15) is 5.15 Å². The summed E-state index contributed by atoms with van der Waals surface area (Å²) in [4.78, 5) is 4.31. The maximum absolute atomic E-state index is 6.19. The molecule has 1 N–H and O–H groups in total. The summed E-state index contributed by atoms with van der Waals surface area (Å²) in [6, 6.07) is 0. The average molecular weight is 272 g/mol. The van der Waals surface area contributed by atoms with Gasteiger partial charge >= 0.3 is 0 Å². The molecule has 1 aromatic rings. The van der Waals surface area contributed by atoms with Crippen molar-refractivity contribution in [3.63, 3.8) is 0 Å². The van der Waals surface area contributed by atoms with Crippen molar-refractivity contribution >= 4 is 29.2 Å². The third kappa shape index (κ3) is 1.33. The molecule has 1 aromatic heterocycles. The van der Waals surface area contributed by atoms with E-state index in [1.807, 2.05) is 4.57 Å². The van der Waals surface area contributed by atoms with Gasteiger partial charge in [-0.05, 0) is 31.1 Å². The zero-order valence-electron chi connectivity index (χ0n) is 9.55. The number of hydrogen-bond acceptors (Lipinski definition) is 2. The van der Waals surface area contributed by atoms with Crippen LogP contribution >= 0.6 is 23.2 Å². The second-order valence-electron chi connectivity index (χ2n) is 5.81. The van der Waals surface area contributed by atoms with Crippen LogP contribution in [0.3, 0.4) is 0 Å². The highest BCUT2D eigenvalue weighted by Crippen LogP contribution is 2.52. The summed E-state index contributed by atoms with van der Waals surface area (Å²) in [5.74, 6) is 2.54. The fourth-order valence-electron chi connectivity index (χ4n) is 4.14. The monoisotopic (exact) mass is 271 g/mol. The van der Waals surface area contributed by atoms with Crippen molar-refractivity contribution in [3.8, 4) is 0 Å². The summed E-state index contributed by atoms with van der Waals surface area (Å²) in [5.41, 5.74) is 0.220. The van der Waals surface area contributed by atoms with E-state index in [1.165, 1.54) is 32.1 Å². The lowest BCUT2D eigenvalue weighted by Gasteiger charge is -2.49. The Labute approximate surface area is 110 Å². The molecule has 2 heterocycles. The average Bonchev–Trinajstić information content (AvgIpc) is 2.79. The Balaban J connectivity index is 1.71. The van der Waals surface area contributed by atoms with E-state index in [2.05, 4.69) is 10.3 Å². The van der Waals surface area contributed by atoms with Crippen LogP contribution in [0.2, 0.25) is 10.3 Å².